The number of likely N-dealkylation sites (tertiary alicyclic amines) is 2. The summed E-state index contributed by atoms with van der Waals surface area (Å²) in [6, 6.07) is 15.7. The van der Waals surface area contributed by atoms with Crippen molar-refractivity contribution in [2.45, 2.75) is 56.8 Å². The summed E-state index contributed by atoms with van der Waals surface area (Å²) in [5, 5.41) is 23.0. The number of hydrogen-bond donors (Lipinski definition) is 1. The topological polar surface area (TPSA) is 116 Å². The molecule has 3 fully saturated rings. The van der Waals surface area contributed by atoms with Crippen LogP contribution in [0.2, 0.25) is 0 Å². The lowest BCUT2D eigenvalue weighted by Gasteiger charge is -2.40. The number of hydrogen-bond acceptors (Lipinski definition) is 7. The van der Waals surface area contributed by atoms with Gasteiger partial charge in [0.25, 0.3) is 5.69 Å². The number of nitro benzene ring substituents is 1. The predicted molar refractivity (Wildman–Crippen MR) is 162 cm³/mol. The summed E-state index contributed by atoms with van der Waals surface area (Å²) >= 11 is 0. The molecule has 5 rings (SSSR count). The number of nitrogens with zero attached hydrogens (tertiary/aromatic N) is 4. The Kier molecular flexibility index (Phi) is 9.77. The molecule has 2 aliphatic heterocycles. The number of carbonyl (C=O) groups excluding carboxylic acids is 2. The zero-order chi connectivity index (χ0) is 30.4. The maximum absolute atomic E-state index is 13.4. The van der Waals surface area contributed by atoms with Crippen molar-refractivity contribution in [1.29, 1.82) is 0 Å². The number of piperidine rings is 1. The average Bonchev–Trinajstić information content (AvgIpc) is 3.69. The Morgan fingerprint density at radius 1 is 1.07 bits per heavy atom. The van der Waals surface area contributed by atoms with Crippen molar-refractivity contribution in [3.63, 3.8) is 0 Å². The number of nitro groups is 1. The van der Waals surface area contributed by atoms with E-state index >= 15 is 0 Å². The molecule has 230 valence electrons. The maximum atomic E-state index is 13.4. The molecule has 2 amide bonds. The average molecular weight is 591 g/mol. The van der Waals surface area contributed by atoms with Gasteiger partial charge in [0.15, 0.2) is 0 Å². The number of β-amino-alcohol motifs (C(OH)–C–C–N with tert-alkyl or cyclic N) is 1. The SMILES string of the molecule is C=CCN(C(=O)OCc1ccc([N+](=O)[O-])cc1)C1CCN(C[C@@H]2CN(C(=O)C3CCCC3)C[C@@]2(O)c2ccccc2)CC1. The molecular formula is C33H42N4O6. The third-order valence-electron chi connectivity index (χ3n) is 9.38. The Labute approximate surface area is 253 Å². The number of aliphatic hydroxyl groups is 1. The van der Waals surface area contributed by atoms with Crippen LogP contribution < -0.4 is 0 Å². The molecule has 0 bridgehead atoms. The van der Waals surface area contributed by atoms with Crippen LogP contribution in [-0.4, -0.2) is 82.0 Å². The van der Waals surface area contributed by atoms with Gasteiger partial charge in [-0.1, -0.05) is 49.2 Å². The molecule has 0 spiro atoms. The van der Waals surface area contributed by atoms with Crippen LogP contribution in [0, 0.1) is 22.0 Å². The molecule has 0 aromatic heterocycles. The van der Waals surface area contributed by atoms with Gasteiger partial charge in [-0.05, 0) is 48.9 Å². The van der Waals surface area contributed by atoms with Gasteiger partial charge < -0.3 is 24.5 Å². The molecule has 10 nitrogen and oxygen atoms in total. The van der Waals surface area contributed by atoms with E-state index < -0.39 is 16.6 Å². The second kappa shape index (κ2) is 13.7. The Hall–Kier alpha value is -3.76. The summed E-state index contributed by atoms with van der Waals surface area (Å²) in [7, 11) is 0. The first-order valence-corrected chi connectivity index (χ1v) is 15.3. The fourth-order valence-corrected chi connectivity index (χ4v) is 6.94. The van der Waals surface area contributed by atoms with Crippen LogP contribution in [-0.2, 0) is 21.7 Å². The Morgan fingerprint density at radius 3 is 2.37 bits per heavy atom. The van der Waals surface area contributed by atoms with Gasteiger partial charge in [0.1, 0.15) is 12.2 Å². The molecular weight excluding hydrogens is 548 g/mol. The van der Waals surface area contributed by atoms with E-state index in [1.807, 2.05) is 35.2 Å². The van der Waals surface area contributed by atoms with Crippen LogP contribution in [0.1, 0.15) is 49.7 Å². The number of amides is 2. The minimum Gasteiger partial charge on any atom is -0.445 e. The fourth-order valence-electron chi connectivity index (χ4n) is 6.94. The molecule has 2 saturated heterocycles. The van der Waals surface area contributed by atoms with E-state index in [1.54, 1.807) is 23.1 Å². The van der Waals surface area contributed by atoms with E-state index in [0.717, 1.165) is 57.2 Å². The minimum absolute atomic E-state index is 0.0111. The van der Waals surface area contributed by atoms with Crippen LogP contribution in [0.4, 0.5) is 10.5 Å². The molecule has 2 atom stereocenters. The summed E-state index contributed by atoms with van der Waals surface area (Å²) in [6.45, 7) is 7.24. The Balaban J connectivity index is 1.19. The normalized spacial score (nSPS) is 23.3. The summed E-state index contributed by atoms with van der Waals surface area (Å²) in [6.07, 6.45) is 6.82. The van der Waals surface area contributed by atoms with Crippen molar-refractivity contribution in [1.82, 2.24) is 14.7 Å². The third kappa shape index (κ3) is 7.08. The largest absolute Gasteiger partial charge is 0.445 e. The molecule has 0 unspecified atom stereocenters. The third-order valence-corrected chi connectivity index (χ3v) is 9.38. The van der Waals surface area contributed by atoms with Crippen molar-refractivity contribution in [3.8, 4) is 0 Å². The lowest BCUT2D eigenvalue weighted by atomic mass is 9.83. The van der Waals surface area contributed by atoms with E-state index in [1.165, 1.54) is 12.1 Å². The van der Waals surface area contributed by atoms with E-state index in [2.05, 4.69) is 11.5 Å². The maximum Gasteiger partial charge on any atom is 0.410 e. The molecule has 2 aromatic rings. The molecule has 1 saturated carbocycles. The fraction of sp³-hybridized carbons (Fsp3) is 0.515. The van der Waals surface area contributed by atoms with Gasteiger partial charge in [-0.25, -0.2) is 4.79 Å². The highest BCUT2D eigenvalue weighted by Crippen LogP contribution is 2.40. The quantitative estimate of drug-likeness (QED) is 0.242. The summed E-state index contributed by atoms with van der Waals surface area (Å²) < 4.78 is 5.57. The summed E-state index contributed by atoms with van der Waals surface area (Å²) in [4.78, 5) is 42.8. The number of benzene rings is 2. The summed E-state index contributed by atoms with van der Waals surface area (Å²) in [5.74, 6) is 0.138. The first kappa shape index (κ1) is 30.7. The van der Waals surface area contributed by atoms with Gasteiger partial charge in [0, 0.05) is 62.7 Å². The van der Waals surface area contributed by atoms with Gasteiger partial charge in [0.2, 0.25) is 5.91 Å². The molecule has 1 aliphatic carbocycles. The molecule has 1 N–H and O–H groups in total. The molecule has 2 heterocycles. The van der Waals surface area contributed by atoms with Crippen LogP contribution in [0.3, 0.4) is 0 Å². The molecule has 10 heteroatoms. The van der Waals surface area contributed by atoms with Crippen molar-refractivity contribution >= 4 is 17.7 Å². The van der Waals surface area contributed by atoms with Gasteiger partial charge in [-0.2, -0.15) is 0 Å². The zero-order valence-electron chi connectivity index (χ0n) is 24.7. The van der Waals surface area contributed by atoms with Gasteiger partial charge >= 0.3 is 6.09 Å². The monoisotopic (exact) mass is 590 g/mol. The van der Waals surface area contributed by atoms with Gasteiger partial charge in [0.05, 0.1) is 11.5 Å². The standard InChI is InChI=1S/C33H42N4O6/c1-2-18-36(32(39)43-23-25-12-14-30(15-13-25)37(41)42)29-16-19-34(20-17-29)21-28-22-35(31(38)26-8-6-7-9-26)24-33(28,40)27-10-4-3-5-11-27/h2-5,10-15,26,28-29,40H,1,6-9,16-24H2/t28-,33-/m1/s1. The highest BCUT2D eigenvalue weighted by Gasteiger charge is 2.49. The number of ether oxygens (including phenoxy) is 1. The molecule has 2 aromatic carbocycles. The molecule has 43 heavy (non-hydrogen) atoms. The van der Waals surface area contributed by atoms with Crippen molar-refractivity contribution in [3.05, 3.63) is 88.5 Å². The van der Waals surface area contributed by atoms with Crippen LogP contribution in [0.5, 0.6) is 0 Å². The number of carbonyl (C=O) groups is 2. The Morgan fingerprint density at radius 2 is 1.74 bits per heavy atom. The number of rotatable bonds is 10. The lowest BCUT2D eigenvalue weighted by Crippen LogP contribution is -2.50. The van der Waals surface area contributed by atoms with Crippen LogP contribution in [0.25, 0.3) is 0 Å². The molecule has 0 radical (unpaired) electrons. The number of non-ortho nitro benzene ring substituents is 1. The smallest absolute Gasteiger partial charge is 0.410 e. The first-order valence-electron chi connectivity index (χ1n) is 15.3. The highest BCUT2D eigenvalue weighted by molar-refractivity contribution is 5.79. The van der Waals surface area contributed by atoms with Crippen molar-refractivity contribution in [2.75, 3.05) is 39.3 Å². The highest BCUT2D eigenvalue weighted by atomic mass is 16.6. The van der Waals surface area contributed by atoms with E-state index in [4.69, 9.17) is 4.74 Å². The predicted octanol–water partition coefficient (Wildman–Crippen LogP) is 4.72. The minimum atomic E-state index is -1.11. The van der Waals surface area contributed by atoms with Crippen molar-refractivity contribution in [2.24, 2.45) is 11.8 Å². The zero-order valence-corrected chi connectivity index (χ0v) is 24.7. The van der Waals surface area contributed by atoms with Gasteiger partial charge in [-0.3, -0.25) is 14.9 Å². The van der Waals surface area contributed by atoms with E-state index in [-0.39, 0.29) is 36.1 Å². The van der Waals surface area contributed by atoms with Crippen LogP contribution in [0.15, 0.2) is 67.3 Å². The second-order valence-electron chi connectivity index (χ2n) is 12.1. The Bertz CT molecular complexity index is 1270. The first-order chi connectivity index (χ1) is 20.8. The van der Waals surface area contributed by atoms with E-state index in [0.29, 0.717) is 31.7 Å². The summed E-state index contributed by atoms with van der Waals surface area (Å²) in [5.41, 5.74) is 0.408. The van der Waals surface area contributed by atoms with Crippen molar-refractivity contribution < 1.29 is 24.4 Å². The molecule has 3 aliphatic rings. The van der Waals surface area contributed by atoms with Crippen LogP contribution >= 0.6 is 0 Å². The van der Waals surface area contributed by atoms with E-state index in [9.17, 15) is 24.8 Å². The second-order valence-corrected chi connectivity index (χ2v) is 12.1. The van der Waals surface area contributed by atoms with Gasteiger partial charge in [-0.15, -0.1) is 6.58 Å². The lowest BCUT2D eigenvalue weighted by molar-refractivity contribution is -0.384.